The lowest BCUT2D eigenvalue weighted by molar-refractivity contribution is -0.137. The standard InChI is InChI=1S/C18H18F3NO4S/c1-25-16-8-12-6-7-22(11-13(12)9-17(16)26-2)27(23,24)15-5-3-4-14(10-15)18(19,20)21/h3-5,8-10H,6-7,11H2,1-2H3. The molecule has 9 heteroatoms. The van der Waals surface area contributed by atoms with Gasteiger partial charge in [-0.05, 0) is 47.9 Å². The summed E-state index contributed by atoms with van der Waals surface area (Å²) in [6, 6.07) is 7.28. The maximum atomic E-state index is 12.9. The maximum Gasteiger partial charge on any atom is 0.416 e. The van der Waals surface area contributed by atoms with Crippen LogP contribution in [0.5, 0.6) is 11.5 Å². The van der Waals surface area contributed by atoms with Gasteiger partial charge < -0.3 is 9.47 Å². The Morgan fingerprint density at radius 1 is 1.00 bits per heavy atom. The van der Waals surface area contributed by atoms with Gasteiger partial charge in [0.05, 0.1) is 24.7 Å². The Kier molecular flexibility index (Phi) is 5.09. The Labute approximate surface area is 155 Å². The summed E-state index contributed by atoms with van der Waals surface area (Å²) in [5, 5.41) is 0. The fraction of sp³-hybridized carbons (Fsp3) is 0.333. The Morgan fingerprint density at radius 2 is 1.63 bits per heavy atom. The molecule has 0 saturated carbocycles. The largest absolute Gasteiger partial charge is 0.493 e. The van der Waals surface area contributed by atoms with Gasteiger partial charge in [0.1, 0.15) is 0 Å². The number of methoxy groups -OCH3 is 2. The number of benzene rings is 2. The Hall–Kier alpha value is -2.26. The normalized spacial score (nSPS) is 15.3. The first-order valence-electron chi connectivity index (χ1n) is 8.08. The molecule has 2 aromatic carbocycles. The lowest BCUT2D eigenvalue weighted by atomic mass is 10.0. The number of rotatable bonds is 4. The van der Waals surface area contributed by atoms with Crippen molar-refractivity contribution in [1.82, 2.24) is 4.31 Å². The molecule has 0 bridgehead atoms. The van der Waals surface area contributed by atoms with Crippen LogP contribution >= 0.6 is 0 Å². The van der Waals surface area contributed by atoms with E-state index in [4.69, 9.17) is 9.47 Å². The van der Waals surface area contributed by atoms with Crippen molar-refractivity contribution in [2.24, 2.45) is 0 Å². The second-order valence-electron chi connectivity index (χ2n) is 6.09. The van der Waals surface area contributed by atoms with Crippen LogP contribution in [0.2, 0.25) is 0 Å². The predicted molar refractivity (Wildman–Crippen MR) is 92.3 cm³/mol. The van der Waals surface area contributed by atoms with Crippen molar-refractivity contribution < 1.29 is 31.1 Å². The highest BCUT2D eigenvalue weighted by Gasteiger charge is 2.34. The van der Waals surface area contributed by atoms with Crippen molar-refractivity contribution in [2.45, 2.75) is 24.0 Å². The second kappa shape index (κ2) is 7.05. The molecule has 0 atom stereocenters. The fourth-order valence-electron chi connectivity index (χ4n) is 3.04. The summed E-state index contributed by atoms with van der Waals surface area (Å²) in [6.45, 7) is 0.218. The summed E-state index contributed by atoms with van der Waals surface area (Å²) >= 11 is 0. The molecule has 0 aromatic heterocycles. The van der Waals surface area contributed by atoms with Gasteiger partial charge in [-0.1, -0.05) is 6.07 Å². The molecule has 5 nitrogen and oxygen atoms in total. The van der Waals surface area contributed by atoms with Gasteiger partial charge in [-0.15, -0.1) is 0 Å². The highest BCUT2D eigenvalue weighted by molar-refractivity contribution is 7.89. The first kappa shape index (κ1) is 19.5. The van der Waals surface area contributed by atoms with Crippen molar-refractivity contribution in [1.29, 1.82) is 0 Å². The van der Waals surface area contributed by atoms with Gasteiger partial charge in [-0.3, -0.25) is 0 Å². The molecule has 0 spiro atoms. The lowest BCUT2D eigenvalue weighted by Crippen LogP contribution is -2.36. The van der Waals surface area contributed by atoms with E-state index in [9.17, 15) is 21.6 Å². The first-order valence-corrected chi connectivity index (χ1v) is 9.52. The summed E-state index contributed by atoms with van der Waals surface area (Å²) in [4.78, 5) is -0.374. The highest BCUT2D eigenvalue weighted by atomic mass is 32.2. The molecule has 0 unspecified atom stereocenters. The predicted octanol–water partition coefficient (Wildman–Crippen LogP) is 3.47. The number of ether oxygens (including phenoxy) is 2. The molecule has 1 aliphatic rings. The van der Waals surface area contributed by atoms with Crippen LogP contribution in [-0.2, 0) is 29.2 Å². The van der Waals surface area contributed by atoms with Gasteiger partial charge in [0.15, 0.2) is 11.5 Å². The van der Waals surface area contributed by atoms with E-state index in [2.05, 4.69) is 0 Å². The van der Waals surface area contributed by atoms with Crippen LogP contribution in [0.3, 0.4) is 0 Å². The summed E-state index contributed by atoms with van der Waals surface area (Å²) < 4.78 is 76.1. The van der Waals surface area contributed by atoms with E-state index in [1.165, 1.54) is 24.6 Å². The summed E-state index contributed by atoms with van der Waals surface area (Å²) in [7, 11) is -1.07. The van der Waals surface area contributed by atoms with Crippen LogP contribution in [0.25, 0.3) is 0 Å². The number of fused-ring (bicyclic) bond motifs is 1. The van der Waals surface area contributed by atoms with Gasteiger partial charge >= 0.3 is 6.18 Å². The van der Waals surface area contributed by atoms with Gasteiger partial charge in [0.25, 0.3) is 0 Å². The molecule has 27 heavy (non-hydrogen) atoms. The van der Waals surface area contributed by atoms with Crippen LogP contribution in [0, 0.1) is 0 Å². The van der Waals surface area contributed by atoms with E-state index in [1.807, 2.05) is 0 Å². The zero-order valence-electron chi connectivity index (χ0n) is 14.7. The third kappa shape index (κ3) is 3.74. The highest BCUT2D eigenvalue weighted by Crippen LogP contribution is 2.35. The second-order valence-corrected chi connectivity index (χ2v) is 8.03. The number of alkyl halides is 3. The van der Waals surface area contributed by atoms with E-state index in [-0.39, 0.29) is 18.0 Å². The molecule has 1 heterocycles. The number of sulfonamides is 1. The van der Waals surface area contributed by atoms with Gasteiger partial charge in [-0.2, -0.15) is 17.5 Å². The molecule has 0 N–H and O–H groups in total. The van der Waals surface area contributed by atoms with Crippen molar-refractivity contribution in [2.75, 3.05) is 20.8 Å². The van der Waals surface area contributed by atoms with Crippen LogP contribution < -0.4 is 9.47 Å². The van der Waals surface area contributed by atoms with Gasteiger partial charge in [0, 0.05) is 13.1 Å². The molecule has 0 radical (unpaired) electrons. The van der Waals surface area contributed by atoms with Crippen LogP contribution in [0.15, 0.2) is 41.3 Å². The molecule has 1 aliphatic heterocycles. The molecule has 0 fully saturated rings. The number of hydrogen-bond acceptors (Lipinski definition) is 4. The number of hydrogen-bond donors (Lipinski definition) is 0. The topological polar surface area (TPSA) is 55.8 Å². The molecular formula is C18H18F3NO4S. The van der Waals surface area contributed by atoms with E-state index in [1.54, 1.807) is 12.1 Å². The van der Waals surface area contributed by atoms with Crippen molar-refractivity contribution in [3.63, 3.8) is 0 Å². The third-order valence-corrected chi connectivity index (χ3v) is 6.32. The Bertz CT molecular complexity index is 958. The molecular weight excluding hydrogens is 383 g/mol. The van der Waals surface area contributed by atoms with E-state index in [0.29, 0.717) is 24.0 Å². The average Bonchev–Trinajstić information content (AvgIpc) is 2.65. The lowest BCUT2D eigenvalue weighted by Gasteiger charge is -2.29. The third-order valence-electron chi connectivity index (χ3n) is 4.48. The van der Waals surface area contributed by atoms with E-state index >= 15 is 0 Å². The van der Waals surface area contributed by atoms with Gasteiger partial charge in [0.2, 0.25) is 10.0 Å². The minimum atomic E-state index is -4.61. The van der Waals surface area contributed by atoms with Crippen molar-refractivity contribution >= 4 is 10.0 Å². The summed E-state index contributed by atoms with van der Waals surface area (Å²) in [5.74, 6) is 1.01. The molecule has 0 saturated heterocycles. The zero-order valence-corrected chi connectivity index (χ0v) is 15.5. The molecule has 0 amide bonds. The maximum absolute atomic E-state index is 12.9. The van der Waals surface area contributed by atoms with Gasteiger partial charge in [-0.25, -0.2) is 8.42 Å². The minimum absolute atomic E-state index is 0.0499. The van der Waals surface area contributed by atoms with E-state index in [0.717, 1.165) is 23.3 Å². The van der Waals surface area contributed by atoms with Crippen LogP contribution in [0.1, 0.15) is 16.7 Å². The van der Waals surface area contributed by atoms with Crippen LogP contribution in [0.4, 0.5) is 13.2 Å². The fourth-order valence-corrected chi connectivity index (χ4v) is 4.51. The van der Waals surface area contributed by atoms with Crippen molar-refractivity contribution in [3.8, 4) is 11.5 Å². The monoisotopic (exact) mass is 401 g/mol. The Balaban J connectivity index is 1.94. The zero-order chi connectivity index (χ0) is 19.8. The molecule has 146 valence electrons. The minimum Gasteiger partial charge on any atom is -0.493 e. The SMILES string of the molecule is COc1cc2c(cc1OC)CN(S(=O)(=O)c1cccc(C(F)(F)F)c1)CC2. The summed E-state index contributed by atoms with van der Waals surface area (Å²) in [5.41, 5.74) is 0.657. The van der Waals surface area contributed by atoms with Crippen LogP contribution in [-0.4, -0.2) is 33.5 Å². The molecule has 3 rings (SSSR count). The average molecular weight is 401 g/mol. The number of halogens is 3. The first-order chi connectivity index (χ1) is 12.7. The van der Waals surface area contributed by atoms with E-state index < -0.39 is 21.8 Å². The quantitative estimate of drug-likeness (QED) is 0.787. The smallest absolute Gasteiger partial charge is 0.416 e. The molecule has 0 aliphatic carbocycles. The van der Waals surface area contributed by atoms with Crippen molar-refractivity contribution in [3.05, 3.63) is 53.1 Å². The summed E-state index contributed by atoms with van der Waals surface area (Å²) in [6.07, 6.45) is -4.18. The number of nitrogens with zero attached hydrogens (tertiary/aromatic N) is 1. The Morgan fingerprint density at radius 3 is 2.22 bits per heavy atom. The molecule has 2 aromatic rings.